The van der Waals surface area contributed by atoms with Gasteiger partial charge in [-0.05, 0) is 37.1 Å². The minimum atomic E-state index is 0.112. The van der Waals surface area contributed by atoms with Gasteiger partial charge in [-0.25, -0.2) is 0 Å². The Morgan fingerprint density at radius 1 is 1.38 bits per heavy atom. The summed E-state index contributed by atoms with van der Waals surface area (Å²) in [5.74, 6) is 0. The zero-order chi connectivity index (χ0) is 9.68. The first-order valence-corrected chi connectivity index (χ1v) is 5.24. The SMILES string of the molecule is NCCCC(N)c1cccc(Br)c1. The third-order valence-corrected chi connectivity index (χ3v) is 2.49. The molecule has 1 rings (SSSR count). The maximum Gasteiger partial charge on any atom is 0.0295 e. The second-order valence-corrected chi connectivity index (χ2v) is 4.01. The van der Waals surface area contributed by atoms with Gasteiger partial charge < -0.3 is 11.5 Å². The van der Waals surface area contributed by atoms with Crippen LogP contribution in [0.15, 0.2) is 28.7 Å². The summed E-state index contributed by atoms with van der Waals surface area (Å²) in [7, 11) is 0. The molecule has 3 heteroatoms. The fourth-order valence-electron chi connectivity index (χ4n) is 1.24. The summed E-state index contributed by atoms with van der Waals surface area (Å²) in [6.45, 7) is 0.710. The number of hydrogen-bond acceptors (Lipinski definition) is 2. The Bertz CT molecular complexity index is 263. The van der Waals surface area contributed by atoms with Crippen LogP contribution in [0.1, 0.15) is 24.4 Å². The second kappa shape index (κ2) is 5.37. The summed E-state index contributed by atoms with van der Waals surface area (Å²) in [4.78, 5) is 0. The number of rotatable bonds is 4. The predicted octanol–water partition coefficient (Wildman–Crippen LogP) is 2.19. The summed E-state index contributed by atoms with van der Waals surface area (Å²) in [6.07, 6.45) is 1.93. The van der Waals surface area contributed by atoms with Gasteiger partial charge in [0.25, 0.3) is 0 Å². The highest BCUT2D eigenvalue weighted by Gasteiger charge is 2.04. The third-order valence-electron chi connectivity index (χ3n) is 2.00. The van der Waals surface area contributed by atoms with Crippen LogP contribution in [-0.4, -0.2) is 6.54 Å². The third kappa shape index (κ3) is 3.46. The van der Waals surface area contributed by atoms with Gasteiger partial charge in [-0.1, -0.05) is 28.1 Å². The van der Waals surface area contributed by atoms with Crippen LogP contribution in [0.3, 0.4) is 0 Å². The van der Waals surface area contributed by atoms with Crippen LogP contribution in [0, 0.1) is 0 Å². The van der Waals surface area contributed by atoms with Gasteiger partial charge >= 0.3 is 0 Å². The smallest absolute Gasteiger partial charge is 0.0295 e. The summed E-state index contributed by atoms with van der Waals surface area (Å²) in [5.41, 5.74) is 12.6. The molecule has 0 amide bonds. The molecule has 2 nitrogen and oxygen atoms in total. The topological polar surface area (TPSA) is 52.0 Å². The van der Waals surface area contributed by atoms with E-state index in [0.29, 0.717) is 6.54 Å². The lowest BCUT2D eigenvalue weighted by atomic mass is 10.0. The molecule has 0 aromatic heterocycles. The molecule has 0 saturated carbocycles. The Morgan fingerprint density at radius 3 is 2.77 bits per heavy atom. The van der Waals surface area contributed by atoms with Gasteiger partial charge in [0.15, 0.2) is 0 Å². The van der Waals surface area contributed by atoms with Crippen molar-refractivity contribution in [3.8, 4) is 0 Å². The fraction of sp³-hybridized carbons (Fsp3) is 0.400. The molecule has 0 aliphatic heterocycles. The van der Waals surface area contributed by atoms with Gasteiger partial charge in [0.05, 0.1) is 0 Å². The molecular formula is C10H15BrN2. The molecule has 4 N–H and O–H groups in total. The lowest BCUT2D eigenvalue weighted by Gasteiger charge is -2.11. The molecule has 0 bridgehead atoms. The van der Waals surface area contributed by atoms with Crippen LogP contribution in [0.4, 0.5) is 0 Å². The van der Waals surface area contributed by atoms with Crippen LogP contribution >= 0.6 is 15.9 Å². The van der Waals surface area contributed by atoms with E-state index in [2.05, 4.69) is 22.0 Å². The second-order valence-electron chi connectivity index (χ2n) is 3.09. The summed E-state index contributed by atoms with van der Waals surface area (Å²) in [6, 6.07) is 8.22. The molecule has 0 aliphatic rings. The molecule has 1 atom stereocenters. The molecule has 0 saturated heterocycles. The van der Waals surface area contributed by atoms with E-state index in [9.17, 15) is 0 Å². The quantitative estimate of drug-likeness (QED) is 0.851. The highest BCUT2D eigenvalue weighted by molar-refractivity contribution is 9.10. The summed E-state index contributed by atoms with van der Waals surface area (Å²) >= 11 is 3.42. The highest BCUT2D eigenvalue weighted by Crippen LogP contribution is 2.19. The molecule has 0 radical (unpaired) electrons. The van der Waals surface area contributed by atoms with E-state index in [0.717, 1.165) is 17.3 Å². The van der Waals surface area contributed by atoms with E-state index in [-0.39, 0.29) is 6.04 Å². The number of halogens is 1. The van der Waals surface area contributed by atoms with Gasteiger partial charge in [0.1, 0.15) is 0 Å². The molecule has 0 heterocycles. The van der Waals surface area contributed by atoms with E-state index in [1.165, 1.54) is 5.56 Å². The van der Waals surface area contributed by atoms with Crippen LogP contribution < -0.4 is 11.5 Å². The Morgan fingerprint density at radius 2 is 2.15 bits per heavy atom. The van der Waals surface area contributed by atoms with Crippen molar-refractivity contribution in [1.29, 1.82) is 0 Å². The minimum absolute atomic E-state index is 0.112. The van der Waals surface area contributed by atoms with Gasteiger partial charge in [0.2, 0.25) is 0 Å². The van der Waals surface area contributed by atoms with E-state index >= 15 is 0 Å². The average molecular weight is 243 g/mol. The van der Waals surface area contributed by atoms with Crippen LogP contribution in [0.2, 0.25) is 0 Å². The summed E-state index contributed by atoms with van der Waals surface area (Å²) < 4.78 is 1.08. The van der Waals surface area contributed by atoms with E-state index in [1.54, 1.807) is 0 Å². The Labute approximate surface area is 87.4 Å². The van der Waals surface area contributed by atoms with Crippen LogP contribution in [0.25, 0.3) is 0 Å². The van der Waals surface area contributed by atoms with Crippen LogP contribution in [0.5, 0.6) is 0 Å². The van der Waals surface area contributed by atoms with Crippen molar-refractivity contribution in [1.82, 2.24) is 0 Å². The first-order valence-electron chi connectivity index (χ1n) is 4.45. The van der Waals surface area contributed by atoms with Crippen molar-refractivity contribution in [2.45, 2.75) is 18.9 Å². The first kappa shape index (κ1) is 10.7. The lowest BCUT2D eigenvalue weighted by Crippen LogP contribution is -2.12. The average Bonchev–Trinajstić information content (AvgIpc) is 2.14. The minimum Gasteiger partial charge on any atom is -0.330 e. The molecular weight excluding hydrogens is 228 g/mol. The van der Waals surface area contributed by atoms with Crippen molar-refractivity contribution < 1.29 is 0 Å². The van der Waals surface area contributed by atoms with E-state index in [1.807, 2.05) is 18.2 Å². The summed E-state index contributed by atoms with van der Waals surface area (Å²) in [5, 5.41) is 0. The molecule has 72 valence electrons. The molecule has 0 spiro atoms. The number of nitrogens with two attached hydrogens (primary N) is 2. The zero-order valence-corrected chi connectivity index (χ0v) is 9.13. The van der Waals surface area contributed by atoms with Crippen molar-refractivity contribution in [3.63, 3.8) is 0 Å². The normalized spacial score (nSPS) is 12.8. The number of benzene rings is 1. The Balaban J connectivity index is 2.60. The monoisotopic (exact) mass is 242 g/mol. The molecule has 1 aromatic rings. The Hall–Kier alpha value is -0.380. The van der Waals surface area contributed by atoms with Gasteiger partial charge in [-0.3, -0.25) is 0 Å². The van der Waals surface area contributed by atoms with Crippen LogP contribution in [-0.2, 0) is 0 Å². The lowest BCUT2D eigenvalue weighted by molar-refractivity contribution is 0.618. The molecule has 1 unspecified atom stereocenters. The molecule has 0 aliphatic carbocycles. The maximum atomic E-state index is 5.97. The fourth-order valence-corrected chi connectivity index (χ4v) is 1.66. The van der Waals surface area contributed by atoms with Gasteiger partial charge in [0, 0.05) is 10.5 Å². The van der Waals surface area contributed by atoms with Gasteiger partial charge in [-0.2, -0.15) is 0 Å². The standard InChI is InChI=1S/C10H15BrN2/c11-9-4-1-3-8(7-9)10(13)5-2-6-12/h1,3-4,7,10H,2,5-6,12-13H2. The maximum absolute atomic E-state index is 5.97. The van der Waals surface area contributed by atoms with Crippen molar-refractivity contribution in [2.24, 2.45) is 11.5 Å². The van der Waals surface area contributed by atoms with Gasteiger partial charge in [-0.15, -0.1) is 0 Å². The number of hydrogen-bond donors (Lipinski definition) is 2. The van der Waals surface area contributed by atoms with Crippen molar-refractivity contribution in [2.75, 3.05) is 6.54 Å². The van der Waals surface area contributed by atoms with Crippen molar-refractivity contribution >= 4 is 15.9 Å². The highest BCUT2D eigenvalue weighted by atomic mass is 79.9. The predicted molar refractivity (Wildman–Crippen MR) is 59.4 cm³/mol. The van der Waals surface area contributed by atoms with Crippen molar-refractivity contribution in [3.05, 3.63) is 34.3 Å². The van der Waals surface area contributed by atoms with E-state index in [4.69, 9.17) is 11.5 Å². The Kier molecular flexibility index (Phi) is 4.42. The molecule has 13 heavy (non-hydrogen) atoms. The largest absolute Gasteiger partial charge is 0.330 e. The molecule has 1 aromatic carbocycles. The molecule has 0 fully saturated rings. The first-order chi connectivity index (χ1) is 6.24. The zero-order valence-electron chi connectivity index (χ0n) is 7.54. The van der Waals surface area contributed by atoms with E-state index < -0.39 is 0 Å².